The van der Waals surface area contributed by atoms with Crippen molar-refractivity contribution in [3.8, 4) is 0 Å². The standard InChI is InChI=1S/C26H23FN4O3S/c27-21-9-11-22(12-10-21)30-14-16-31(17-15-30)35(33,34)23-7-1-5-20(18-23)26(32)29-24-8-2-4-19-6-3-13-28-25(19)24/h1-13,18H,14-17H2,(H,29,32). The molecule has 3 aromatic carbocycles. The number of rotatable bonds is 5. The maximum atomic E-state index is 13.3. The van der Waals surface area contributed by atoms with Gasteiger partial charge in [0.2, 0.25) is 10.0 Å². The zero-order valence-electron chi connectivity index (χ0n) is 18.8. The Kier molecular flexibility index (Phi) is 6.19. The Morgan fingerprint density at radius 2 is 1.60 bits per heavy atom. The largest absolute Gasteiger partial charge is 0.369 e. The summed E-state index contributed by atoms with van der Waals surface area (Å²) in [7, 11) is -3.78. The number of sulfonamides is 1. The lowest BCUT2D eigenvalue weighted by molar-refractivity contribution is 0.102. The summed E-state index contributed by atoms with van der Waals surface area (Å²) in [5.41, 5.74) is 2.30. The molecule has 1 fully saturated rings. The molecule has 1 aromatic heterocycles. The van der Waals surface area contributed by atoms with Crippen molar-refractivity contribution < 1.29 is 17.6 Å². The number of carbonyl (C=O) groups excluding carboxylic acids is 1. The fraction of sp³-hybridized carbons (Fsp3) is 0.154. The van der Waals surface area contributed by atoms with E-state index in [4.69, 9.17) is 0 Å². The number of halogens is 1. The van der Waals surface area contributed by atoms with Crippen LogP contribution in [-0.2, 0) is 10.0 Å². The molecular formula is C26H23FN4O3S. The summed E-state index contributed by atoms with van der Waals surface area (Å²) in [6.45, 7) is 1.55. The van der Waals surface area contributed by atoms with Gasteiger partial charge >= 0.3 is 0 Å². The molecule has 1 aliphatic rings. The number of pyridine rings is 1. The molecule has 0 aliphatic carbocycles. The van der Waals surface area contributed by atoms with Gasteiger partial charge in [0.15, 0.2) is 0 Å². The van der Waals surface area contributed by atoms with Gasteiger partial charge in [-0.3, -0.25) is 9.78 Å². The van der Waals surface area contributed by atoms with Gasteiger partial charge in [-0.2, -0.15) is 4.31 Å². The van der Waals surface area contributed by atoms with E-state index in [1.165, 1.54) is 28.6 Å². The minimum atomic E-state index is -3.78. The van der Waals surface area contributed by atoms with Crippen LogP contribution in [-0.4, -0.2) is 49.8 Å². The highest BCUT2D eigenvalue weighted by atomic mass is 32.2. The molecule has 0 unspecified atom stereocenters. The molecule has 1 aliphatic heterocycles. The van der Waals surface area contributed by atoms with E-state index in [9.17, 15) is 17.6 Å². The van der Waals surface area contributed by atoms with Gasteiger partial charge in [0.05, 0.1) is 16.1 Å². The second kappa shape index (κ2) is 9.44. The van der Waals surface area contributed by atoms with Crippen LogP contribution in [0.25, 0.3) is 10.9 Å². The minimum Gasteiger partial charge on any atom is -0.369 e. The third-order valence-electron chi connectivity index (χ3n) is 6.05. The molecule has 2 heterocycles. The van der Waals surface area contributed by atoms with Crippen LogP contribution in [0.2, 0.25) is 0 Å². The van der Waals surface area contributed by atoms with Gasteiger partial charge in [0, 0.05) is 49.0 Å². The first-order valence-electron chi connectivity index (χ1n) is 11.2. The molecule has 4 aromatic rings. The maximum absolute atomic E-state index is 13.3. The molecule has 1 saturated heterocycles. The summed E-state index contributed by atoms with van der Waals surface area (Å²) in [6.07, 6.45) is 1.65. The number of fused-ring (bicyclic) bond motifs is 1. The Hall–Kier alpha value is -3.82. The topological polar surface area (TPSA) is 82.6 Å². The molecule has 0 atom stereocenters. The number of aromatic nitrogens is 1. The number of amides is 1. The highest BCUT2D eigenvalue weighted by Gasteiger charge is 2.29. The maximum Gasteiger partial charge on any atom is 0.255 e. The third-order valence-corrected chi connectivity index (χ3v) is 7.94. The van der Waals surface area contributed by atoms with Gasteiger partial charge in [0.1, 0.15) is 5.82 Å². The molecule has 0 spiro atoms. The monoisotopic (exact) mass is 490 g/mol. The molecule has 0 bridgehead atoms. The molecule has 0 saturated carbocycles. The first-order chi connectivity index (χ1) is 16.9. The lowest BCUT2D eigenvalue weighted by atomic mass is 10.1. The van der Waals surface area contributed by atoms with E-state index in [1.54, 1.807) is 36.5 Å². The molecule has 1 N–H and O–H groups in total. The molecule has 0 radical (unpaired) electrons. The smallest absolute Gasteiger partial charge is 0.255 e. The van der Waals surface area contributed by atoms with E-state index >= 15 is 0 Å². The molecule has 1 amide bonds. The van der Waals surface area contributed by atoms with Crippen LogP contribution >= 0.6 is 0 Å². The van der Waals surface area contributed by atoms with E-state index in [2.05, 4.69) is 10.3 Å². The first-order valence-corrected chi connectivity index (χ1v) is 12.6. The van der Waals surface area contributed by atoms with Gasteiger partial charge in [-0.05, 0) is 54.6 Å². The minimum absolute atomic E-state index is 0.0661. The fourth-order valence-corrected chi connectivity index (χ4v) is 5.65. The second-order valence-electron chi connectivity index (χ2n) is 8.23. The highest BCUT2D eigenvalue weighted by Crippen LogP contribution is 2.24. The van der Waals surface area contributed by atoms with E-state index < -0.39 is 15.9 Å². The molecule has 178 valence electrons. The molecule has 9 heteroatoms. The van der Waals surface area contributed by atoms with Crippen molar-refractivity contribution in [3.05, 3.63) is 96.4 Å². The molecule has 35 heavy (non-hydrogen) atoms. The number of hydrogen-bond acceptors (Lipinski definition) is 5. The van der Waals surface area contributed by atoms with Crippen LogP contribution in [0.3, 0.4) is 0 Å². The van der Waals surface area contributed by atoms with E-state index in [1.807, 2.05) is 29.2 Å². The van der Waals surface area contributed by atoms with Crippen LogP contribution < -0.4 is 10.2 Å². The normalized spacial score (nSPS) is 14.7. The predicted octanol–water partition coefficient (Wildman–Crippen LogP) is 4.14. The van der Waals surface area contributed by atoms with Gasteiger partial charge in [0.25, 0.3) is 5.91 Å². The number of nitrogens with zero attached hydrogens (tertiary/aromatic N) is 3. The Balaban J connectivity index is 1.31. The number of anilines is 2. The van der Waals surface area contributed by atoms with Crippen molar-refractivity contribution in [2.24, 2.45) is 0 Å². The number of para-hydroxylation sites is 1. The predicted molar refractivity (Wildman–Crippen MR) is 134 cm³/mol. The Labute approximate surface area is 202 Å². The summed E-state index contributed by atoms with van der Waals surface area (Å²) >= 11 is 0. The van der Waals surface area contributed by atoms with Crippen molar-refractivity contribution in [1.82, 2.24) is 9.29 Å². The molecule has 5 rings (SSSR count). The van der Waals surface area contributed by atoms with Gasteiger partial charge < -0.3 is 10.2 Å². The van der Waals surface area contributed by atoms with Crippen molar-refractivity contribution in [2.45, 2.75) is 4.90 Å². The van der Waals surface area contributed by atoms with Crippen molar-refractivity contribution in [1.29, 1.82) is 0 Å². The molecular weight excluding hydrogens is 467 g/mol. The molecule has 7 nitrogen and oxygen atoms in total. The SMILES string of the molecule is O=C(Nc1cccc2cccnc12)c1cccc(S(=O)(=O)N2CCN(c3ccc(F)cc3)CC2)c1. The average molecular weight is 491 g/mol. The summed E-state index contributed by atoms with van der Waals surface area (Å²) < 4.78 is 41.2. The quantitative estimate of drug-likeness (QED) is 0.455. The second-order valence-corrected chi connectivity index (χ2v) is 10.2. The van der Waals surface area contributed by atoms with E-state index in [0.717, 1.165) is 11.1 Å². The van der Waals surface area contributed by atoms with Gasteiger partial charge in [-0.1, -0.05) is 24.3 Å². The first kappa shape index (κ1) is 22.9. The summed E-state index contributed by atoms with van der Waals surface area (Å²) in [5, 5.41) is 3.73. The summed E-state index contributed by atoms with van der Waals surface area (Å²) in [6, 6.07) is 21.4. The third kappa shape index (κ3) is 4.73. The average Bonchev–Trinajstić information content (AvgIpc) is 2.89. The van der Waals surface area contributed by atoms with Crippen LogP contribution in [0.15, 0.2) is 90.0 Å². The van der Waals surface area contributed by atoms with E-state index in [0.29, 0.717) is 24.3 Å². The van der Waals surface area contributed by atoms with Crippen molar-refractivity contribution >= 4 is 38.2 Å². The van der Waals surface area contributed by atoms with E-state index in [-0.39, 0.29) is 29.4 Å². The van der Waals surface area contributed by atoms with Crippen LogP contribution in [0.1, 0.15) is 10.4 Å². The summed E-state index contributed by atoms with van der Waals surface area (Å²) in [4.78, 5) is 19.4. The lowest BCUT2D eigenvalue weighted by Crippen LogP contribution is -2.48. The Bertz CT molecular complexity index is 1480. The fourth-order valence-electron chi connectivity index (χ4n) is 4.18. The van der Waals surface area contributed by atoms with Crippen LogP contribution in [0, 0.1) is 5.82 Å². The van der Waals surface area contributed by atoms with Crippen molar-refractivity contribution in [2.75, 3.05) is 36.4 Å². The number of nitrogens with one attached hydrogen (secondary N) is 1. The number of piperazine rings is 1. The van der Waals surface area contributed by atoms with Crippen LogP contribution in [0.4, 0.5) is 15.8 Å². The Morgan fingerprint density at radius 1 is 0.886 bits per heavy atom. The highest BCUT2D eigenvalue weighted by molar-refractivity contribution is 7.89. The lowest BCUT2D eigenvalue weighted by Gasteiger charge is -2.35. The number of carbonyl (C=O) groups is 1. The Morgan fingerprint density at radius 3 is 2.37 bits per heavy atom. The zero-order valence-corrected chi connectivity index (χ0v) is 19.6. The van der Waals surface area contributed by atoms with Crippen molar-refractivity contribution in [3.63, 3.8) is 0 Å². The number of hydrogen-bond donors (Lipinski definition) is 1. The van der Waals surface area contributed by atoms with Gasteiger partial charge in [-0.15, -0.1) is 0 Å². The van der Waals surface area contributed by atoms with Gasteiger partial charge in [-0.25, -0.2) is 12.8 Å². The van der Waals surface area contributed by atoms with Crippen LogP contribution in [0.5, 0.6) is 0 Å². The summed E-state index contributed by atoms with van der Waals surface area (Å²) in [5.74, 6) is -0.725. The number of benzene rings is 3. The zero-order chi connectivity index (χ0) is 24.4.